The molecule has 0 radical (unpaired) electrons. The summed E-state index contributed by atoms with van der Waals surface area (Å²) in [5.74, 6) is -1.01. The molecule has 0 aliphatic carbocycles. The lowest BCUT2D eigenvalue weighted by Crippen LogP contribution is -2.30. The molecular weight excluding hydrogens is 566 g/mol. The van der Waals surface area contributed by atoms with Crippen molar-refractivity contribution in [2.24, 2.45) is 0 Å². The molecule has 0 spiro atoms. The van der Waals surface area contributed by atoms with Crippen molar-refractivity contribution in [1.29, 1.82) is 0 Å². The lowest BCUT2D eigenvalue weighted by Gasteiger charge is -2.31. The Bertz CT molecular complexity index is 1520. The number of benzene rings is 3. The predicted octanol–water partition coefficient (Wildman–Crippen LogP) is 6.06. The molecule has 0 atom stereocenters. The number of ether oxygens (including phenoxy) is 2. The van der Waals surface area contributed by atoms with E-state index in [0.717, 1.165) is 0 Å². The first kappa shape index (κ1) is 32.0. The van der Waals surface area contributed by atoms with Crippen molar-refractivity contribution < 1.29 is 32.6 Å². The molecule has 0 unspecified atom stereocenters. The van der Waals surface area contributed by atoms with Gasteiger partial charge in [0.15, 0.2) is 0 Å². The first-order valence-electron chi connectivity index (χ1n) is 14.3. The Morgan fingerprint density at radius 1 is 0.837 bits per heavy atom. The maximum atomic E-state index is 13.1. The number of esters is 2. The Balaban J connectivity index is 1.72. The Morgan fingerprint density at radius 2 is 1.28 bits per heavy atom. The van der Waals surface area contributed by atoms with E-state index < -0.39 is 32.8 Å². The van der Waals surface area contributed by atoms with Crippen molar-refractivity contribution in [3.05, 3.63) is 106 Å². The van der Waals surface area contributed by atoms with Crippen LogP contribution in [0.4, 0.5) is 0 Å². The third-order valence-electron chi connectivity index (χ3n) is 7.70. The minimum Gasteiger partial charge on any atom is -0.507 e. The quantitative estimate of drug-likeness (QED) is 0.280. The summed E-state index contributed by atoms with van der Waals surface area (Å²) in [7, 11) is -3.59. The van der Waals surface area contributed by atoms with Gasteiger partial charge in [-0.25, -0.2) is 18.0 Å². The van der Waals surface area contributed by atoms with Crippen molar-refractivity contribution in [2.75, 3.05) is 26.3 Å². The van der Waals surface area contributed by atoms with Gasteiger partial charge in [0.1, 0.15) is 19.0 Å². The van der Waals surface area contributed by atoms with Crippen molar-refractivity contribution >= 4 is 28.0 Å². The summed E-state index contributed by atoms with van der Waals surface area (Å²) in [6, 6.07) is 20.7. The van der Waals surface area contributed by atoms with Gasteiger partial charge in [0, 0.05) is 35.0 Å². The van der Waals surface area contributed by atoms with Crippen molar-refractivity contribution in [3.63, 3.8) is 0 Å². The van der Waals surface area contributed by atoms with E-state index in [9.17, 15) is 23.1 Å². The van der Waals surface area contributed by atoms with Crippen LogP contribution in [0.5, 0.6) is 5.75 Å². The molecule has 9 heteroatoms. The highest BCUT2D eigenvalue weighted by atomic mass is 32.2. The third-order valence-corrected chi connectivity index (χ3v) is 9.80. The summed E-state index contributed by atoms with van der Waals surface area (Å²) in [5, 5.41) is 11.7. The van der Waals surface area contributed by atoms with Crippen LogP contribution in [0.1, 0.15) is 78.4 Å². The normalized spacial score (nSPS) is 16.3. The van der Waals surface area contributed by atoms with E-state index in [2.05, 4.69) is 0 Å². The monoisotopic (exact) mass is 605 g/mol. The lowest BCUT2D eigenvalue weighted by molar-refractivity contribution is 0.0424. The van der Waals surface area contributed by atoms with Crippen LogP contribution >= 0.6 is 0 Å². The zero-order valence-corrected chi connectivity index (χ0v) is 26.1. The van der Waals surface area contributed by atoms with E-state index in [1.165, 1.54) is 4.31 Å². The van der Waals surface area contributed by atoms with Crippen LogP contribution in [0.15, 0.2) is 77.7 Å². The molecule has 0 saturated carbocycles. The molecule has 4 rings (SSSR count). The van der Waals surface area contributed by atoms with Gasteiger partial charge in [-0.1, -0.05) is 71.0 Å². The smallest absolute Gasteiger partial charge is 0.338 e. The summed E-state index contributed by atoms with van der Waals surface area (Å²) < 4.78 is 38.9. The van der Waals surface area contributed by atoms with Gasteiger partial charge in [-0.3, -0.25) is 0 Å². The Morgan fingerprint density at radius 3 is 1.67 bits per heavy atom. The van der Waals surface area contributed by atoms with Crippen LogP contribution in [0.25, 0.3) is 6.08 Å². The molecule has 0 bridgehead atoms. The lowest BCUT2D eigenvalue weighted by atomic mass is 9.77. The second-order valence-corrected chi connectivity index (χ2v) is 14.0. The van der Waals surface area contributed by atoms with Crippen LogP contribution < -0.4 is 0 Å². The number of hydrogen-bond acceptors (Lipinski definition) is 7. The molecule has 3 aromatic rings. The molecule has 0 amide bonds. The van der Waals surface area contributed by atoms with E-state index in [-0.39, 0.29) is 19.0 Å². The third kappa shape index (κ3) is 7.17. The van der Waals surface area contributed by atoms with Gasteiger partial charge in [0.2, 0.25) is 10.0 Å². The average Bonchev–Trinajstić information content (AvgIpc) is 3.28. The molecule has 3 aromatic carbocycles. The Hall–Kier alpha value is -3.95. The Labute approximate surface area is 254 Å². The number of carbonyl (C=O) groups excluding carboxylic acids is 2. The fourth-order valence-electron chi connectivity index (χ4n) is 5.04. The maximum absolute atomic E-state index is 13.1. The standard InChI is InChI=1S/C34H39NO7S/c1-6-35-18-17-27(43(35,39)40)19-24-20-28(33(2,3)22-41-31(37)25-13-9-7-10-14-25)30(36)29(21-24)34(4,5)23-42-32(38)26-15-11-8-12-16-26/h7-16,19-21,36H,6,17-18,22-23H2,1-5H3/b27-19+. The van der Waals surface area contributed by atoms with E-state index in [4.69, 9.17) is 9.47 Å². The molecule has 1 N–H and O–H groups in total. The molecule has 1 aliphatic rings. The second-order valence-electron chi connectivity index (χ2n) is 12.0. The molecule has 43 heavy (non-hydrogen) atoms. The van der Waals surface area contributed by atoms with Gasteiger partial charge >= 0.3 is 11.9 Å². The molecule has 1 fully saturated rings. The van der Waals surface area contributed by atoms with Crippen molar-refractivity contribution in [3.8, 4) is 5.75 Å². The van der Waals surface area contributed by atoms with E-state index in [1.807, 2.05) is 39.8 Å². The van der Waals surface area contributed by atoms with E-state index >= 15 is 0 Å². The van der Waals surface area contributed by atoms with Gasteiger partial charge in [0.05, 0.1) is 16.0 Å². The van der Waals surface area contributed by atoms with Gasteiger partial charge < -0.3 is 14.6 Å². The molecule has 1 heterocycles. The topological polar surface area (TPSA) is 110 Å². The SMILES string of the molecule is CCN1CC/C(=C\c2cc(C(C)(C)COC(=O)c3ccccc3)c(O)c(C(C)(C)COC(=O)c3ccccc3)c2)S1(=O)=O. The molecule has 0 aromatic heterocycles. The van der Waals surface area contributed by atoms with Crippen molar-refractivity contribution in [2.45, 2.75) is 51.9 Å². The van der Waals surface area contributed by atoms with Gasteiger partial charge in [-0.05, 0) is 54.5 Å². The van der Waals surface area contributed by atoms with Crippen LogP contribution in [-0.2, 0) is 30.3 Å². The number of hydrogen-bond donors (Lipinski definition) is 1. The number of rotatable bonds is 10. The summed E-state index contributed by atoms with van der Waals surface area (Å²) in [5.41, 5.74) is 0.622. The van der Waals surface area contributed by atoms with Crippen LogP contribution in [0.3, 0.4) is 0 Å². The van der Waals surface area contributed by atoms with E-state index in [1.54, 1.807) is 73.7 Å². The highest BCUT2D eigenvalue weighted by molar-refractivity contribution is 7.93. The van der Waals surface area contributed by atoms with Gasteiger partial charge in [-0.15, -0.1) is 0 Å². The first-order valence-corrected chi connectivity index (χ1v) is 15.7. The maximum Gasteiger partial charge on any atom is 0.338 e. The molecule has 1 aliphatic heterocycles. The zero-order valence-electron chi connectivity index (χ0n) is 25.3. The first-order chi connectivity index (χ1) is 20.3. The fraction of sp³-hybridized carbons (Fsp3) is 0.353. The molecule has 228 valence electrons. The number of phenols is 1. The van der Waals surface area contributed by atoms with E-state index in [0.29, 0.717) is 52.2 Å². The largest absolute Gasteiger partial charge is 0.507 e. The van der Waals surface area contributed by atoms with Gasteiger partial charge in [0.25, 0.3) is 0 Å². The van der Waals surface area contributed by atoms with Crippen molar-refractivity contribution in [1.82, 2.24) is 4.31 Å². The molecule has 8 nitrogen and oxygen atoms in total. The summed E-state index contributed by atoms with van der Waals surface area (Å²) in [6.07, 6.45) is 2.01. The highest BCUT2D eigenvalue weighted by Crippen LogP contribution is 2.42. The number of nitrogens with zero attached hydrogens (tertiary/aromatic N) is 1. The minimum atomic E-state index is -3.59. The molecular formula is C34H39NO7S. The van der Waals surface area contributed by atoms with Crippen LogP contribution in [-0.4, -0.2) is 56.1 Å². The van der Waals surface area contributed by atoms with Gasteiger partial charge in [-0.2, -0.15) is 4.31 Å². The number of phenolic OH excluding ortho intramolecular Hbond substituents is 1. The predicted molar refractivity (Wildman–Crippen MR) is 166 cm³/mol. The summed E-state index contributed by atoms with van der Waals surface area (Å²) in [4.78, 5) is 25.7. The van der Waals surface area contributed by atoms with Crippen LogP contribution in [0.2, 0.25) is 0 Å². The summed E-state index contributed by atoms with van der Waals surface area (Å²) in [6.45, 7) is 9.87. The van der Waals surface area contributed by atoms with Crippen LogP contribution in [0, 0.1) is 0 Å². The second kappa shape index (κ2) is 12.7. The minimum absolute atomic E-state index is 0.0341. The fourth-order valence-corrected chi connectivity index (χ4v) is 6.68. The summed E-state index contributed by atoms with van der Waals surface area (Å²) >= 11 is 0. The highest BCUT2D eigenvalue weighted by Gasteiger charge is 2.35. The average molecular weight is 606 g/mol. The number of aromatic hydroxyl groups is 1. The number of carbonyl (C=O) groups is 2. The zero-order chi connectivity index (χ0) is 31.4. The molecule has 1 saturated heterocycles. The Kier molecular flexibility index (Phi) is 9.47. The number of sulfonamides is 1.